The van der Waals surface area contributed by atoms with Gasteiger partial charge in [-0.2, -0.15) is 4.79 Å². The van der Waals surface area contributed by atoms with Gasteiger partial charge in [0.2, 0.25) is 11.9 Å². The number of hydrogen-bond acceptors (Lipinski definition) is 5. The van der Waals surface area contributed by atoms with Crippen LogP contribution in [0.4, 0.5) is 4.79 Å². The quantitative estimate of drug-likeness (QED) is 0.588. The van der Waals surface area contributed by atoms with E-state index in [9.17, 15) is 14.4 Å². The number of carbonyl (C=O) groups excluding carboxylic acids is 3. The van der Waals surface area contributed by atoms with E-state index in [4.69, 9.17) is 4.74 Å². The largest absolute Gasteiger partial charge is 0.525 e. The third-order valence-corrected chi connectivity index (χ3v) is 5.17. The number of rotatable bonds is 1. The molecule has 6 nitrogen and oxygen atoms in total. The average molecular weight is 315 g/mol. The summed E-state index contributed by atoms with van der Waals surface area (Å²) in [5.74, 6) is -0.539. The Morgan fingerprint density at radius 2 is 1.95 bits per heavy atom. The average Bonchev–Trinajstić information content (AvgIpc) is 2.53. The van der Waals surface area contributed by atoms with E-state index in [2.05, 4.69) is 5.32 Å². The molecular weight excluding hydrogens is 292 g/mol. The van der Waals surface area contributed by atoms with Crippen LogP contribution in [0, 0.1) is 0 Å². The van der Waals surface area contributed by atoms with E-state index < -0.39 is 17.7 Å². The summed E-state index contributed by atoms with van der Waals surface area (Å²) >= 11 is 1.56. The first kappa shape index (κ1) is 16.3. The molecule has 2 heterocycles. The maximum absolute atomic E-state index is 12.6. The van der Waals surface area contributed by atoms with Gasteiger partial charge >= 0.3 is 12.0 Å². The van der Waals surface area contributed by atoms with Crippen LogP contribution in [0.2, 0.25) is 0 Å². The summed E-state index contributed by atoms with van der Waals surface area (Å²) in [5.41, 5.74) is -0.647. The van der Waals surface area contributed by atoms with Crippen molar-refractivity contribution in [1.82, 2.24) is 5.32 Å². The third kappa shape index (κ3) is 2.68. The molecule has 0 aromatic rings. The highest BCUT2D eigenvalue weighted by Crippen LogP contribution is 2.53. The predicted octanol–water partition coefficient (Wildman–Crippen LogP) is 1.63. The van der Waals surface area contributed by atoms with E-state index in [0.717, 1.165) is 0 Å². The summed E-state index contributed by atoms with van der Waals surface area (Å²) in [6.45, 7) is 11.1. The summed E-state index contributed by atoms with van der Waals surface area (Å²) in [5, 5.41) is 2.35. The molecule has 1 N–H and O–H groups in total. The second-order valence-corrected chi connectivity index (χ2v) is 9.12. The molecular formula is C14H23N2O4S+. The van der Waals surface area contributed by atoms with Crippen molar-refractivity contribution in [3.8, 4) is 0 Å². The van der Waals surface area contributed by atoms with Crippen molar-refractivity contribution in [2.24, 2.45) is 0 Å². The van der Waals surface area contributed by atoms with Crippen molar-refractivity contribution in [1.29, 1.82) is 0 Å². The van der Waals surface area contributed by atoms with Gasteiger partial charge in [0.1, 0.15) is 12.1 Å². The Balaban J connectivity index is 2.30. The Labute approximate surface area is 129 Å². The molecule has 2 aliphatic rings. The van der Waals surface area contributed by atoms with Crippen LogP contribution in [0.1, 0.15) is 41.5 Å². The summed E-state index contributed by atoms with van der Waals surface area (Å²) in [7, 11) is 0. The molecule has 0 spiro atoms. The zero-order chi connectivity index (χ0) is 16.2. The lowest BCUT2D eigenvalue weighted by Gasteiger charge is -2.45. The van der Waals surface area contributed by atoms with Gasteiger partial charge in [0, 0.05) is 6.92 Å². The first-order valence-corrected chi connectivity index (χ1v) is 7.88. The van der Waals surface area contributed by atoms with Crippen LogP contribution in [0.3, 0.4) is 0 Å². The molecule has 2 saturated heterocycles. The number of nitrogens with zero attached hydrogens (tertiary/aromatic N) is 1. The van der Waals surface area contributed by atoms with E-state index >= 15 is 0 Å². The number of hydrogen-bond donors (Lipinski definition) is 1. The van der Waals surface area contributed by atoms with Crippen molar-refractivity contribution < 1.29 is 23.6 Å². The summed E-state index contributed by atoms with van der Waals surface area (Å²) < 4.78 is 4.91. The van der Waals surface area contributed by atoms with E-state index in [1.165, 1.54) is 6.92 Å². The molecule has 0 aromatic carbocycles. The Kier molecular flexibility index (Phi) is 3.65. The number of β-lactam (4-membered cyclic amide) rings is 1. The van der Waals surface area contributed by atoms with Gasteiger partial charge in [-0.3, -0.25) is 4.79 Å². The summed E-state index contributed by atoms with van der Waals surface area (Å²) in [4.78, 5) is 36.4. The topological polar surface area (TPSA) is 72.5 Å². The summed E-state index contributed by atoms with van der Waals surface area (Å²) in [6, 6.07) is -0.609. The monoisotopic (exact) mass is 315 g/mol. The molecule has 118 valence electrons. The normalized spacial score (nSPS) is 33.9. The first-order valence-electron chi connectivity index (χ1n) is 7.00. The Hall–Kier alpha value is -1.08. The first-order chi connectivity index (χ1) is 9.39. The fraction of sp³-hybridized carbons (Fsp3) is 0.786. The van der Waals surface area contributed by atoms with E-state index in [-0.39, 0.29) is 26.4 Å². The second kappa shape index (κ2) is 4.71. The Morgan fingerprint density at radius 3 is 2.43 bits per heavy atom. The maximum atomic E-state index is 12.6. The van der Waals surface area contributed by atoms with Gasteiger partial charge in [-0.1, -0.05) is 11.8 Å². The van der Waals surface area contributed by atoms with Gasteiger partial charge < -0.3 is 10.1 Å². The van der Waals surface area contributed by atoms with Crippen molar-refractivity contribution in [3.63, 3.8) is 0 Å². The molecule has 2 unspecified atom stereocenters. The lowest BCUT2D eigenvalue weighted by molar-refractivity contribution is -0.820. The number of thioether (sulfide) groups is 1. The Bertz CT molecular complexity index is 512. The van der Waals surface area contributed by atoms with Crippen LogP contribution in [-0.2, 0) is 14.3 Å². The van der Waals surface area contributed by atoms with Gasteiger partial charge in [0.25, 0.3) is 0 Å². The van der Waals surface area contributed by atoms with E-state index in [1.54, 1.807) is 32.5 Å². The Morgan fingerprint density at radius 1 is 1.38 bits per heavy atom. The minimum atomic E-state index is -0.647. The standard InChI is InChI=1S/C14H22N2O4S/c1-8(17)15-9-10(18)16(12(19)20-13(2,3)4)7-14(5,6)21-11(9)16/h9,11H,7H2,1-6H3/p+1/t9?,11-,16?/m0/s1. The number of fused-ring (bicyclic) bond motifs is 1. The van der Waals surface area contributed by atoms with Gasteiger partial charge in [-0.25, -0.2) is 4.79 Å². The highest BCUT2D eigenvalue weighted by molar-refractivity contribution is 8.01. The molecule has 3 atom stereocenters. The predicted molar refractivity (Wildman–Crippen MR) is 79.4 cm³/mol. The van der Waals surface area contributed by atoms with Gasteiger partial charge in [0.15, 0.2) is 5.37 Å². The number of ether oxygens (including phenoxy) is 1. The van der Waals surface area contributed by atoms with Gasteiger partial charge in [0.05, 0.1) is 4.75 Å². The molecule has 0 aliphatic carbocycles. The van der Waals surface area contributed by atoms with Gasteiger partial charge in [-0.15, -0.1) is 4.48 Å². The molecule has 7 heteroatoms. The minimum Gasteiger partial charge on any atom is -0.414 e. The zero-order valence-electron chi connectivity index (χ0n) is 13.4. The summed E-state index contributed by atoms with van der Waals surface area (Å²) in [6.07, 6.45) is -0.517. The fourth-order valence-electron chi connectivity index (χ4n) is 2.91. The van der Waals surface area contributed by atoms with Crippen molar-refractivity contribution in [3.05, 3.63) is 0 Å². The van der Waals surface area contributed by atoms with Crippen LogP contribution in [0.5, 0.6) is 0 Å². The molecule has 0 bridgehead atoms. The van der Waals surface area contributed by atoms with Crippen molar-refractivity contribution >= 4 is 29.7 Å². The van der Waals surface area contributed by atoms with Crippen LogP contribution in [0.15, 0.2) is 0 Å². The molecule has 0 saturated carbocycles. The highest BCUT2D eigenvalue weighted by Gasteiger charge is 2.76. The SMILES string of the molecule is CC(=O)NC1C(=O)[N+]2(C(=O)OC(C)(C)C)CC(C)(C)S[C@@H]12. The highest BCUT2D eigenvalue weighted by atomic mass is 32.2. The van der Waals surface area contributed by atoms with Crippen LogP contribution >= 0.6 is 11.8 Å². The minimum absolute atomic E-state index is 0.218. The molecule has 21 heavy (non-hydrogen) atoms. The molecule has 2 aliphatic heterocycles. The fourth-order valence-corrected chi connectivity index (χ4v) is 4.61. The molecule has 2 rings (SSSR count). The number of imide groups is 1. The number of carbonyl (C=O) groups is 3. The maximum Gasteiger partial charge on any atom is 0.525 e. The number of nitrogens with one attached hydrogen (secondary N) is 1. The van der Waals surface area contributed by atoms with Crippen LogP contribution < -0.4 is 5.32 Å². The number of quaternary nitrogens is 1. The van der Waals surface area contributed by atoms with Crippen LogP contribution in [-0.4, -0.2) is 50.7 Å². The zero-order valence-corrected chi connectivity index (χ0v) is 14.2. The van der Waals surface area contributed by atoms with Crippen LogP contribution in [0.25, 0.3) is 0 Å². The molecule has 3 amide bonds. The molecule has 0 radical (unpaired) electrons. The third-order valence-electron chi connectivity index (χ3n) is 3.53. The lowest BCUT2D eigenvalue weighted by Crippen LogP contribution is -2.80. The van der Waals surface area contributed by atoms with E-state index in [1.807, 2.05) is 13.8 Å². The molecule has 2 fully saturated rings. The van der Waals surface area contributed by atoms with Gasteiger partial charge in [-0.05, 0) is 34.6 Å². The van der Waals surface area contributed by atoms with Crippen molar-refractivity contribution in [2.75, 3.05) is 6.54 Å². The van der Waals surface area contributed by atoms with E-state index in [0.29, 0.717) is 6.54 Å². The number of amides is 3. The lowest BCUT2D eigenvalue weighted by atomic mass is 9.99. The molecule has 0 aromatic heterocycles. The smallest absolute Gasteiger partial charge is 0.414 e. The van der Waals surface area contributed by atoms with Crippen molar-refractivity contribution in [2.45, 2.75) is 63.3 Å². The second-order valence-electron chi connectivity index (χ2n) is 7.29.